The monoisotopic (exact) mass is 373 g/mol. The summed E-state index contributed by atoms with van der Waals surface area (Å²) in [4.78, 5) is 23.4. The Bertz CT molecular complexity index is 759. The lowest BCUT2D eigenvalue weighted by Crippen LogP contribution is -2.33. The van der Waals surface area contributed by atoms with Gasteiger partial charge in [-0.3, -0.25) is 9.59 Å². The quantitative estimate of drug-likeness (QED) is 0.665. The molecule has 2 aromatic rings. The fourth-order valence-corrected chi connectivity index (χ4v) is 2.51. The molecule has 2 aromatic carbocycles. The molecule has 1 amide bonds. The van der Waals surface area contributed by atoms with Gasteiger partial charge in [0.15, 0.2) is 18.1 Å². The molecular formula is C20H23NO6. The zero-order valence-corrected chi connectivity index (χ0v) is 15.3. The van der Waals surface area contributed by atoms with Gasteiger partial charge >= 0.3 is 5.97 Å². The predicted molar refractivity (Wildman–Crippen MR) is 99.2 cm³/mol. The Morgan fingerprint density at radius 1 is 1.04 bits per heavy atom. The first-order valence-corrected chi connectivity index (χ1v) is 8.53. The minimum Gasteiger partial charge on any atom is -0.494 e. The molecule has 0 spiro atoms. The summed E-state index contributed by atoms with van der Waals surface area (Å²) in [6.45, 7) is 2.16. The van der Waals surface area contributed by atoms with Gasteiger partial charge in [-0.25, -0.2) is 0 Å². The molecule has 0 radical (unpaired) electrons. The van der Waals surface area contributed by atoms with Gasteiger partial charge in [0.2, 0.25) is 0 Å². The number of carbonyl (C=O) groups is 2. The zero-order chi connectivity index (χ0) is 19.6. The van der Waals surface area contributed by atoms with Gasteiger partial charge in [-0.1, -0.05) is 24.3 Å². The molecule has 0 fully saturated rings. The van der Waals surface area contributed by atoms with Crippen LogP contribution in [-0.4, -0.2) is 37.3 Å². The number of carboxylic acid groups (broad SMARTS) is 1. The fourth-order valence-electron chi connectivity index (χ4n) is 2.51. The van der Waals surface area contributed by atoms with Gasteiger partial charge < -0.3 is 24.6 Å². The number of para-hydroxylation sites is 2. The van der Waals surface area contributed by atoms with E-state index in [0.717, 1.165) is 0 Å². The number of nitrogens with one attached hydrogen (secondary N) is 1. The highest BCUT2D eigenvalue weighted by atomic mass is 16.5. The van der Waals surface area contributed by atoms with Crippen molar-refractivity contribution in [3.05, 3.63) is 54.1 Å². The number of amides is 1. The highest BCUT2D eigenvalue weighted by Crippen LogP contribution is 2.26. The number of carboxylic acids is 1. The molecule has 0 bridgehead atoms. The molecule has 2 rings (SSSR count). The molecule has 2 N–H and O–H groups in total. The maximum absolute atomic E-state index is 12.3. The van der Waals surface area contributed by atoms with Crippen molar-refractivity contribution in [2.75, 3.05) is 20.3 Å². The van der Waals surface area contributed by atoms with Crippen molar-refractivity contribution in [2.45, 2.75) is 19.4 Å². The molecular weight excluding hydrogens is 350 g/mol. The molecule has 0 aromatic heterocycles. The van der Waals surface area contributed by atoms with E-state index in [1.807, 2.05) is 6.92 Å². The van der Waals surface area contributed by atoms with E-state index < -0.39 is 17.9 Å². The second kappa shape index (κ2) is 10.1. The molecule has 0 aliphatic rings. The van der Waals surface area contributed by atoms with Crippen molar-refractivity contribution >= 4 is 11.9 Å². The highest BCUT2D eigenvalue weighted by Gasteiger charge is 2.19. The van der Waals surface area contributed by atoms with Gasteiger partial charge in [-0.15, -0.1) is 0 Å². The third-order valence-corrected chi connectivity index (χ3v) is 3.74. The first-order valence-electron chi connectivity index (χ1n) is 8.53. The average Bonchev–Trinajstić information content (AvgIpc) is 2.66. The Balaban J connectivity index is 2.02. The molecule has 0 saturated heterocycles. The largest absolute Gasteiger partial charge is 0.494 e. The minimum atomic E-state index is -1.01. The Kier molecular flexibility index (Phi) is 7.49. The molecule has 7 nitrogen and oxygen atoms in total. The number of ether oxygens (including phenoxy) is 3. The van der Waals surface area contributed by atoms with E-state index in [2.05, 4.69) is 5.32 Å². The van der Waals surface area contributed by atoms with Crippen molar-refractivity contribution in [3.63, 3.8) is 0 Å². The highest BCUT2D eigenvalue weighted by molar-refractivity contribution is 5.79. The summed E-state index contributed by atoms with van der Waals surface area (Å²) in [6.07, 6.45) is -0.242. The fraction of sp³-hybridized carbons (Fsp3) is 0.300. The lowest BCUT2D eigenvalue weighted by Gasteiger charge is -2.18. The number of hydrogen-bond donors (Lipinski definition) is 2. The zero-order valence-electron chi connectivity index (χ0n) is 15.3. The van der Waals surface area contributed by atoms with Gasteiger partial charge in [0.1, 0.15) is 5.75 Å². The smallest absolute Gasteiger partial charge is 0.305 e. The SMILES string of the molecule is CCOc1ccc(C(CC(=O)O)NC(=O)COc2ccccc2OC)cc1. The number of methoxy groups -OCH3 is 1. The van der Waals surface area contributed by atoms with Crippen molar-refractivity contribution in [3.8, 4) is 17.2 Å². The van der Waals surface area contributed by atoms with Crippen molar-refractivity contribution < 1.29 is 28.9 Å². The van der Waals surface area contributed by atoms with E-state index in [1.165, 1.54) is 7.11 Å². The van der Waals surface area contributed by atoms with Crippen LogP contribution in [0, 0.1) is 0 Å². The number of hydrogen-bond acceptors (Lipinski definition) is 5. The number of rotatable bonds is 10. The van der Waals surface area contributed by atoms with Gasteiger partial charge in [0, 0.05) is 0 Å². The first-order chi connectivity index (χ1) is 13.0. The van der Waals surface area contributed by atoms with Crippen LogP contribution in [0.3, 0.4) is 0 Å². The molecule has 7 heteroatoms. The summed E-state index contributed by atoms with van der Waals surface area (Å²) in [5, 5.41) is 11.8. The minimum absolute atomic E-state index is 0.242. The molecule has 1 atom stereocenters. The van der Waals surface area contributed by atoms with Crippen molar-refractivity contribution in [2.24, 2.45) is 0 Å². The van der Waals surface area contributed by atoms with E-state index in [-0.39, 0.29) is 13.0 Å². The van der Waals surface area contributed by atoms with E-state index >= 15 is 0 Å². The van der Waals surface area contributed by atoms with Crippen LogP contribution in [0.25, 0.3) is 0 Å². The van der Waals surface area contributed by atoms with Crippen molar-refractivity contribution in [1.29, 1.82) is 0 Å². The summed E-state index contributed by atoms with van der Waals surface area (Å²) in [5.74, 6) is 0.187. The van der Waals surface area contributed by atoms with Crippen molar-refractivity contribution in [1.82, 2.24) is 5.32 Å². The predicted octanol–water partition coefficient (Wildman–Crippen LogP) is 2.80. The van der Waals surface area contributed by atoms with Crippen LogP contribution >= 0.6 is 0 Å². The Morgan fingerprint density at radius 2 is 1.70 bits per heavy atom. The van der Waals surface area contributed by atoms with Crippen LogP contribution in [0.15, 0.2) is 48.5 Å². The second-order valence-electron chi connectivity index (χ2n) is 5.66. The van der Waals surface area contributed by atoms with Gasteiger partial charge in [-0.05, 0) is 36.8 Å². The molecule has 0 saturated carbocycles. The van der Waals surface area contributed by atoms with E-state index in [0.29, 0.717) is 29.4 Å². The van der Waals surface area contributed by atoms with Crippen LogP contribution in [0.4, 0.5) is 0 Å². The second-order valence-corrected chi connectivity index (χ2v) is 5.66. The molecule has 1 unspecified atom stereocenters. The summed E-state index contributed by atoms with van der Waals surface area (Å²) in [7, 11) is 1.51. The van der Waals surface area contributed by atoms with Gasteiger partial charge in [0.25, 0.3) is 5.91 Å². The average molecular weight is 373 g/mol. The molecule has 0 aliphatic carbocycles. The maximum atomic E-state index is 12.3. The van der Waals surface area contributed by atoms with E-state index in [9.17, 15) is 9.59 Å². The third-order valence-electron chi connectivity index (χ3n) is 3.74. The maximum Gasteiger partial charge on any atom is 0.305 e. The summed E-state index contributed by atoms with van der Waals surface area (Å²) in [5.41, 5.74) is 0.673. The van der Waals surface area contributed by atoms with Crippen LogP contribution in [0.1, 0.15) is 24.9 Å². The Morgan fingerprint density at radius 3 is 2.30 bits per heavy atom. The van der Waals surface area contributed by atoms with Crippen LogP contribution < -0.4 is 19.5 Å². The first kappa shape index (κ1) is 20.1. The normalized spacial score (nSPS) is 11.3. The summed E-state index contributed by atoms with van der Waals surface area (Å²) >= 11 is 0. The van der Waals surface area contributed by atoms with E-state index in [4.69, 9.17) is 19.3 Å². The Labute approximate surface area is 157 Å². The van der Waals surface area contributed by atoms with E-state index in [1.54, 1.807) is 48.5 Å². The Hall–Kier alpha value is -3.22. The molecule has 144 valence electrons. The summed E-state index contributed by atoms with van der Waals surface area (Å²) < 4.78 is 16.0. The molecule has 27 heavy (non-hydrogen) atoms. The standard InChI is InChI=1S/C20H23NO6/c1-3-26-15-10-8-14(9-11-15)16(12-20(23)24)21-19(22)13-27-18-7-5-4-6-17(18)25-2/h4-11,16H,3,12-13H2,1-2H3,(H,21,22)(H,23,24). The number of aliphatic carboxylic acids is 1. The van der Waals surface area contributed by atoms with Gasteiger partial charge in [-0.2, -0.15) is 0 Å². The van der Waals surface area contributed by atoms with Crippen LogP contribution in [0.5, 0.6) is 17.2 Å². The molecule has 0 heterocycles. The number of carbonyl (C=O) groups excluding carboxylic acids is 1. The van der Waals surface area contributed by atoms with Crippen LogP contribution in [-0.2, 0) is 9.59 Å². The lowest BCUT2D eigenvalue weighted by atomic mass is 10.0. The third kappa shape index (κ3) is 6.22. The lowest BCUT2D eigenvalue weighted by molar-refractivity contribution is -0.137. The van der Waals surface area contributed by atoms with Gasteiger partial charge in [0.05, 0.1) is 26.2 Å². The number of benzene rings is 2. The molecule has 0 aliphatic heterocycles. The van der Waals surface area contributed by atoms with Crippen LogP contribution in [0.2, 0.25) is 0 Å². The summed E-state index contributed by atoms with van der Waals surface area (Å²) in [6, 6.07) is 13.2. The topological polar surface area (TPSA) is 94.1 Å².